The summed E-state index contributed by atoms with van der Waals surface area (Å²) in [6.45, 7) is 0. The summed E-state index contributed by atoms with van der Waals surface area (Å²) in [7, 11) is 0. The largest absolute Gasteiger partial charge is 0.298 e. The van der Waals surface area contributed by atoms with Crippen LogP contribution >= 0.6 is 39.3 Å². The average Bonchev–Trinajstić information content (AvgIpc) is 2.28. The maximum Gasteiger partial charge on any atom is 0.147 e. The molecular formula is C11H12BrClOS. The fourth-order valence-corrected chi connectivity index (χ4v) is 2.27. The zero-order valence-corrected chi connectivity index (χ0v) is 11.6. The summed E-state index contributed by atoms with van der Waals surface area (Å²) in [5, 5.41) is 0.409. The van der Waals surface area contributed by atoms with Gasteiger partial charge in [-0.05, 0) is 23.4 Å². The summed E-state index contributed by atoms with van der Waals surface area (Å²) in [4.78, 5) is 12.5. The molecular weight excluding hydrogens is 296 g/mol. The molecule has 0 bridgehead atoms. The lowest BCUT2D eigenvalue weighted by Crippen LogP contribution is -2.04. The molecule has 0 amide bonds. The SMILES string of the molecule is CSc1ccc(CCl)cc1CC(=O)CBr. The number of hydrogen-bond donors (Lipinski definition) is 0. The third-order valence-electron chi connectivity index (χ3n) is 2.04. The number of alkyl halides is 2. The molecule has 0 unspecified atom stereocenters. The smallest absolute Gasteiger partial charge is 0.147 e. The fourth-order valence-electron chi connectivity index (χ4n) is 1.31. The Bertz CT molecular complexity index is 354. The van der Waals surface area contributed by atoms with E-state index < -0.39 is 0 Å². The Hall–Kier alpha value is 0.01000. The minimum absolute atomic E-state index is 0.192. The van der Waals surface area contributed by atoms with Crippen LogP contribution in [0.4, 0.5) is 0 Å². The molecule has 0 radical (unpaired) electrons. The van der Waals surface area contributed by atoms with Crippen molar-refractivity contribution in [2.45, 2.75) is 17.2 Å². The van der Waals surface area contributed by atoms with E-state index in [-0.39, 0.29) is 5.78 Å². The van der Waals surface area contributed by atoms with Gasteiger partial charge in [0.05, 0.1) is 5.33 Å². The molecule has 0 aliphatic carbocycles. The monoisotopic (exact) mass is 306 g/mol. The second-order valence-electron chi connectivity index (χ2n) is 3.13. The molecule has 82 valence electrons. The van der Waals surface area contributed by atoms with Crippen molar-refractivity contribution in [3.8, 4) is 0 Å². The molecule has 15 heavy (non-hydrogen) atoms. The van der Waals surface area contributed by atoms with Gasteiger partial charge in [0.15, 0.2) is 0 Å². The van der Waals surface area contributed by atoms with Crippen molar-refractivity contribution < 1.29 is 4.79 Å². The van der Waals surface area contributed by atoms with Crippen molar-refractivity contribution >= 4 is 45.1 Å². The molecule has 0 fully saturated rings. The van der Waals surface area contributed by atoms with Crippen LogP contribution in [0.25, 0.3) is 0 Å². The standard InChI is InChI=1S/C11H12BrClOS/c1-15-11-3-2-8(7-13)4-9(11)5-10(14)6-12/h2-4H,5-7H2,1H3. The Morgan fingerprint density at radius 3 is 2.80 bits per heavy atom. The Labute approximate surface area is 108 Å². The van der Waals surface area contributed by atoms with Gasteiger partial charge in [-0.15, -0.1) is 23.4 Å². The van der Waals surface area contributed by atoms with Gasteiger partial charge in [0.2, 0.25) is 0 Å². The predicted octanol–water partition coefficient (Wildman–Crippen LogP) is 3.65. The number of hydrogen-bond acceptors (Lipinski definition) is 2. The normalized spacial score (nSPS) is 10.3. The first-order valence-electron chi connectivity index (χ1n) is 4.50. The first-order valence-corrected chi connectivity index (χ1v) is 7.38. The average molecular weight is 308 g/mol. The van der Waals surface area contributed by atoms with Crippen LogP contribution in [0, 0.1) is 0 Å². The molecule has 0 saturated heterocycles. The Morgan fingerprint density at radius 2 is 2.27 bits per heavy atom. The Balaban J connectivity index is 2.95. The number of halogens is 2. The summed E-state index contributed by atoms with van der Waals surface area (Å²) >= 11 is 10.6. The number of benzene rings is 1. The number of ketones is 1. The molecule has 0 atom stereocenters. The molecule has 0 aromatic heterocycles. The van der Waals surface area contributed by atoms with Gasteiger partial charge < -0.3 is 0 Å². The molecule has 0 heterocycles. The van der Waals surface area contributed by atoms with Crippen LogP contribution in [-0.4, -0.2) is 17.4 Å². The molecule has 4 heteroatoms. The number of carbonyl (C=O) groups excluding carboxylic acids is 1. The van der Waals surface area contributed by atoms with Crippen molar-refractivity contribution in [1.82, 2.24) is 0 Å². The van der Waals surface area contributed by atoms with Crippen molar-refractivity contribution in [3.63, 3.8) is 0 Å². The van der Waals surface area contributed by atoms with Crippen molar-refractivity contribution in [3.05, 3.63) is 29.3 Å². The zero-order valence-electron chi connectivity index (χ0n) is 8.43. The van der Waals surface area contributed by atoms with Gasteiger partial charge in [-0.3, -0.25) is 4.79 Å². The summed E-state index contributed by atoms with van der Waals surface area (Å²) in [6.07, 6.45) is 2.49. The van der Waals surface area contributed by atoms with E-state index in [4.69, 9.17) is 11.6 Å². The van der Waals surface area contributed by atoms with Crippen LogP contribution in [0.1, 0.15) is 11.1 Å². The highest BCUT2D eigenvalue weighted by molar-refractivity contribution is 9.09. The summed E-state index contributed by atoms with van der Waals surface area (Å²) < 4.78 is 0. The number of thioether (sulfide) groups is 1. The maximum atomic E-state index is 11.4. The summed E-state index contributed by atoms with van der Waals surface area (Å²) in [5.74, 6) is 0.682. The molecule has 1 rings (SSSR count). The van der Waals surface area contributed by atoms with E-state index in [0.717, 1.165) is 16.0 Å². The zero-order chi connectivity index (χ0) is 11.3. The van der Waals surface area contributed by atoms with Crippen LogP contribution in [-0.2, 0) is 17.1 Å². The Kier molecular flexibility index (Phi) is 5.72. The quantitative estimate of drug-likeness (QED) is 0.610. The third-order valence-corrected chi connectivity index (χ3v) is 3.81. The predicted molar refractivity (Wildman–Crippen MR) is 70.3 cm³/mol. The van der Waals surface area contributed by atoms with E-state index in [2.05, 4.69) is 15.9 Å². The van der Waals surface area contributed by atoms with E-state index in [1.54, 1.807) is 11.8 Å². The number of carbonyl (C=O) groups is 1. The van der Waals surface area contributed by atoms with Crippen LogP contribution in [0.15, 0.2) is 23.1 Å². The lowest BCUT2D eigenvalue weighted by atomic mass is 10.1. The van der Waals surface area contributed by atoms with Crippen LogP contribution in [0.3, 0.4) is 0 Å². The number of rotatable bonds is 5. The summed E-state index contributed by atoms with van der Waals surface area (Å²) in [5.41, 5.74) is 2.14. The molecule has 0 saturated carbocycles. The lowest BCUT2D eigenvalue weighted by Gasteiger charge is -2.07. The van der Waals surface area contributed by atoms with Crippen LogP contribution in [0.2, 0.25) is 0 Å². The fraction of sp³-hybridized carbons (Fsp3) is 0.364. The molecule has 1 aromatic rings. The molecule has 0 aliphatic rings. The highest BCUT2D eigenvalue weighted by atomic mass is 79.9. The van der Waals surface area contributed by atoms with Gasteiger partial charge in [0, 0.05) is 17.2 Å². The first-order chi connectivity index (χ1) is 7.21. The van der Waals surface area contributed by atoms with Crippen molar-refractivity contribution in [2.75, 3.05) is 11.6 Å². The minimum atomic E-state index is 0.192. The van der Waals surface area contributed by atoms with Gasteiger partial charge in [-0.1, -0.05) is 28.1 Å². The molecule has 0 spiro atoms. The van der Waals surface area contributed by atoms with Gasteiger partial charge >= 0.3 is 0 Å². The van der Waals surface area contributed by atoms with Gasteiger partial charge in [0.1, 0.15) is 5.78 Å². The van der Waals surface area contributed by atoms with E-state index in [1.807, 2.05) is 24.5 Å². The van der Waals surface area contributed by atoms with Crippen LogP contribution in [0.5, 0.6) is 0 Å². The highest BCUT2D eigenvalue weighted by Gasteiger charge is 2.07. The van der Waals surface area contributed by atoms with Gasteiger partial charge in [-0.25, -0.2) is 0 Å². The molecule has 1 nitrogen and oxygen atoms in total. The van der Waals surface area contributed by atoms with Gasteiger partial charge in [0.25, 0.3) is 0 Å². The van der Waals surface area contributed by atoms with Crippen LogP contribution < -0.4 is 0 Å². The van der Waals surface area contributed by atoms with E-state index in [0.29, 0.717) is 17.6 Å². The minimum Gasteiger partial charge on any atom is -0.298 e. The van der Waals surface area contributed by atoms with E-state index in [1.165, 1.54) is 0 Å². The van der Waals surface area contributed by atoms with Crippen molar-refractivity contribution in [1.29, 1.82) is 0 Å². The van der Waals surface area contributed by atoms with E-state index >= 15 is 0 Å². The maximum absolute atomic E-state index is 11.4. The molecule has 0 aliphatic heterocycles. The third kappa shape index (κ3) is 3.82. The topological polar surface area (TPSA) is 17.1 Å². The van der Waals surface area contributed by atoms with Gasteiger partial charge in [-0.2, -0.15) is 0 Å². The van der Waals surface area contributed by atoms with Crippen molar-refractivity contribution in [2.24, 2.45) is 0 Å². The second kappa shape index (κ2) is 6.56. The highest BCUT2D eigenvalue weighted by Crippen LogP contribution is 2.23. The van der Waals surface area contributed by atoms with E-state index in [9.17, 15) is 4.79 Å². The second-order valence-corrected chi connectivity index (χ2v) is 4.80. The Morgan fingerprint density at radius 1 is 1.53 bits per heavy atom. The first kappa shape index (κ1) is 13.1. The summed E-state index contributed by atoms with van der Waals surface area (Å²) in [6, 6.07) is 6.04. The lowest BCUT2D eigenvalue weighted by molar-refractivity contribution is -0.115. The number of Topliss-reactive ketones (excluding diaryl/α,β-unsaturated/α-hetero) is 1. The molecule has 1 aromatic carbocycles. The molecule has 0 N–H and O–H groups in total.